The van der Waals surface area contributed by atoms with Gasteiger partial charge in [0.2, 0.25) is 5.91 Å². The second kappa shape index (κ2) is 7.67. The van der Waals surface area contributed by atoms with Crippen LogP contribution in [0.5, 0.6) is 0 Å². The topological polar surface area (TPSA) is 57.0 Å². The van der Waals surface area contributed by atoms with Gasteiger partial charge in [-0.15, -0.1) is 11.3 Å². The van der Waals surface area contributed by atoms with Crippen molar-refractivity contribution in [1.29, 1.82) is 5.26 Å². The highest BCUT2D eigenvalue weighted by Crippen LogP contribution is 2.31. The zero-order valence-corrected chi connectivity index (χ0v) is 14.9. The van der Waals surface area contributed by atoms with Gasteiger partial charge in [0.1, 0.15) is 6.54 Å². The van der Waals surface area contributed by atoms with Gasteiger partial charge in [0, 0.05) is 10.7 Å². The highest BCUT2D eigenvalue weighted by Gasteiger charge is 2.16. The number of anilines is 1. The maximum absolute atomic E-state index is 12.5. The first-order valence-corrected chi connectivity index (χ1v) is 9.26. The predicted octanol–water partition coefficient (Wildman–Crippen LogP) is 4.60. The number of benzene rings is 2. The second-order valence-corrected chi connectivity index (χ2v) is 7.54. The predicted molar refractivity (Wildman–Crippen MR) is 99.8 cm³/mol. The van der Waals surface area contributed by atoms with Gasteiger partial charge < -0.3 is 0 Å². The minimum Gasteiger partial charge on any atom is -0.298 e. The van der Waals surface area contributed by atoms with Crippen molar-refractivity contribution in [2.75, 3.05) is 17.2 Å². The Balaban J connectivity index is 1.71. The fourth-order valence-corrected chi connectivity index (χ4v) is 4.24. The van der Waals surface area contributed by atoms with Gasteiger partial charge in [0.25, 0.3) is 0 Å². The lowest BCUT2D eigenvalue weighted by Crippen LogP contribution is -2.32. The van der Waals surface area contributed by atoms with E-state index in [2.05, 4.69) is 4.98 Å². The summed E-state index contributed by atoms with van der Waals surface area (Å²) in [5, 5.41) is 9.62. The molecule has 7 heteroatoms. The molecule has 0 spiro atoms. The number of nitriles is 1. The number of fused-ring (bicyclic) bond motifs is 1. The van der Waals surface area contributed by atoms with E-state index in [9.17, 15) is 4.79 Å². The fourth-order valence-electron chi connectivity index (χ4n) is 2.14. The summed E-state index contributed by atoms with van der Waals surface area (Å²) < 4.78 is 1.84. The Hall–Kier alpha value is -2.07. The third kappa shape index (κ3) is 3.88. The summed E-state index contributed by atoms with van der Waals surface area (Å²) in [6.45, 7) is 0.0266. The fraction of sp³-hybridized carbons (Fsp3) is 0.118. The molecule has 1 heterocycles. The summed E-state index contributed by atoms with van der Waals surface area (Å²) >= 11 is 8.87. The Morgan fingerprint density at radius 3 is 2.83 bits per heavy atom. The van der Waals surface area contributed by atoms with E-state index in [1.54, 1.807) is 0 Å². The van der Waals surface area contributed by atoms with Gasteiger partial charge in [0.05, 0.1) is 22.0 Å². The first kappa shape index (κ1) is 16.8. The van der Waals surface area contributed by atoms with Crippen LogP contribution < -0.4 is 4.90 Å². The van der Waals surface area contributed by atoms with Crippen molar-refractivity contribution in [2.24, 2.45) is 0 Å². The SMILES string of the molecule is N#CCN(C(=O)CSc1nc2cc(Cl)ccc2s1)c1ccccc1. The maximum atomic E-state index is 12.5. The van der Waals surface area contributed by atoms with Crippen molar-refractivity contribution in [3.8, 4) is 6.07 Å². The number of thiazole rings is 1. The van der Waals surface area contributed by atoms with E-state index in [0.717, 1.165) is 20.2 Å². The number of amides is 1. The monoisotopic (exact) mass is 373 g/mol. The van der Waals surface area contributed by atoms with Crippen LogP contribution in [0, 0.1) is 11.3 Å². The van der Waals surface area contributed by atoms with Crippen LogP contribution in [0.15, 0.2) is 52.9 Å². The quantitative estimate of drug-likeness (QED) is 0.484. The maximum Gasteiger partial charge on any atom is 0.238 e. The molecule has 2 aromatic carbocycles. The number of hydrogen-bond acceptors (Lipinski definition) is 5. The molecular weight excluding hydrogens is 362 g/mol. The van der Waals surface area contributed by atoms with Crippen LogP contribution in [0.2, 0.25) is 5.02 Å². The third-order valence-corrected chi connectivity index (χ3v) is 5.65. The normalized spacial score (nSPS) is 10.5. The molecule has 3 rings (SSSR count). The summed E-state index contributed by atoms with van der Waals surface area (Å²) in [5.41, 5.74) is 1.56. The highest BCUT2D eigenvalue weighted by molar-refractivity contribution is 8.01. The summed E-state index contributed by atoms with van der Waals surface area (Å²) in [4.78, 5) is 18.5. The van der Waals surface area contributed by atoms with Gasteiger partial charge in [-0.25, -0.2) is 4.98 Å². The number of thioether (sulfide) groups is 1. The molecule has 1 amide bonds. The van der Waals surface area contributed by atoms with Gasteiger partial charge in [-0.3, -0.25) is 9.69 Å². The van der Waals surface area contributed by atoms with E-state index < -0.39 is 0 Å². The van der Waals surface area contributed by atoms with E-state index in [1.807, 2.05) is 54.6 Å². The zero-order valence-electron chi connectivity index (χ0n) is 12.5. The van der Waals surface area contributed by atoms with Gasteiger partial charge >= 0.3 is 0 Å². The van der Waals surface area contributed by atoms with Crippen LogP contribution in [0.25, 0.3) is 10.2 Å². The lowest BCUT2D eigenvalue weighted by molar-refractivity contribution is -0.116. The number of nitrogens with zero attached hydrogens (tertiary/aromatic N) is 3. The lowest BCUT2D eigenvalue weighted by Gasteiger charge is -2.19. The lowest BCUT2D eigenvalue weighted by atomic mass is 10.3. The van der Waals surface area contributed by atoms with Gasteiger partial charge in [-0.2, -0.15) is 5.26 Å². The molecule has 24 heavy (non-hydrogen) atoms. The van der Waals surface area contributed by atoms with E-state index in [1.165, 1.54) is 28.0 Å². The van der Waals surface area contributed by atoms with Crippen LogP contribution >= 0.6 is 34.7 Å². The molecule has 0 unspecified atom stereocenters. The third-order valence-electron chi connectivity index (χ3n) is 3.25. The first-order chi connectivity index (χ1) is 11.7. The number of rotatable bonds is 5. The molecule has 1 aromatic heterocycles. The average Bonchev–Trinajstić information content (AvgIpc) is 3.00. The van der Waals surface area contributed by atoms with E-state index in [-0.39, 0.29) is 18.2 Å². The van der Waals surface area contributed by atoms with Gasteiger partial charge in [-0.05, 0) is 30.3 Å². The molecule has 0 aliphatic rings. The molecule has 0 saturated carbocycles. The van der Waals surface area contributed by atoms with Crippen LogP contribution in [-0.2, 0) is 4.79 Å². The van der Waals surface area contributed by atoms with E-state index >= 15 is 0 Å². The minimum atomic E-state index is -0.120. The second-order valence-electron chi connectivity index (χ2n) is 4.85. The van der Waals surface area contributed by atoms with Crippen molar-refractivity contribution in [2.45, 2.75) is 4.34 Å². The van der Waals surface area contributed by atoms with Crippen molar-refractivity contribution in [1.82, 2.24) is 4.98 Å². The number of halogens is 1. The Morgan fingerprint density at radius 1 is 1.29 bits per heavy atom. The van der Waals surface area contributed by atoms with Crippen molar-refractivity contribution in [3.05, 3.63) is 53.6 Å². The smallest absolute Gasteiger partial charge is 0.238 e. The van der Waals surface area contributed by atoms with Gasteiger partial charge in [0.15, 0.2) is 4.34 Å². The molecule has 0 aliphatic heterocycles. The molecule has 0 atom stereocenters. The van der Waals surface area contributed by atoms with Crippen molar-refractivity contribution >= 4 is 56.5 Å². The standard InChI is InChI=1S/C17H12ClN3OS2/c18-12-6-7-15-14(10-12)20-17(24-15)23-11-16(22)21(9-8-19)13-4-2-1-3-5-13/h1-7,10H,9,11H2. The van der Waals surface area contributed by atoms with Crippen LogP contribution in [0.4, 0.5) is 5.69 Å². The Labute approximate surface area is 152 Å². The van der Waals surface area contributed by atoms with Crippen molar-refractivity contribution in [3.63, 3.8) is 0 Å². The number of hydrogen-bond donors (Lipinski definition) is 0. The molecule has 0 radical (unpaired) electrons. The first-order valence-electron chi connectivity index (χ1n) is 7.08. The number of para-hydroxylation sites is 1. The van der Waals surface area contributed by atoms with Crippen LogP contribution in [0.3, 0.4) is 0 Å². The Bertz CT molecular complexity index is 905. The Morgan fingerprint density at radius 2 is 2.08 bits per heavy atom. The molecular formula is C17H12ClN3OS2. The average molecular weight is 374 g/mol. The van der Waals surface area contributed by atoms with Crippen molar-refractivity contribution < 1.29 is 4.79 Å². The summed E-state index contributed by atoms with van der Waals surface area (Å²) in [5.74, 6) is 0.106. The molecule has 0 fully saturated rings. The van der Waals surface area contributed by atoms with Crippen LogP contribution in [0.1, 0.15) is 0 Å². The molecule has 0 aliphatic carbocycles. The molecule has 3 aromatic rings. The number of carbonyl (C=O) groups is 1. The number of carbonyl (C=O) groups excluding carboxylic acids is 1. The molecule has 0 saturated heterocycles. The summed E-state index contributed by atoms with van der Waals surface area (Å²) in [6.07, 6.45) is 0. The van der Waals surface area contributed by atoms with Crippen LogP contribution in [-0.4, -0.2) is 23.2 Å². The summed E-state index contributed by atoms with van der Waals surface area (Å²) in [6, 6.07) is 16.8. The summed E-state index contributed by atoms with van der Waals surface area (Å²) in [7, 11) is 0. The van der Waals surface area contributed by atoms with E-state index in [0.29, 0.717) is 5.02 Å². The molecule has 4 nitrogen and oxygen atoms in total. The Kier molecular flexibility index (Phi) is 5.36. The molecule has 0 bridgehead atoms. The molecule has 0 N–H and O–H groups in total. The largest absolute Gasteiger partial charge is 0.298 e. The van der Waals surface area contributed by atoms with E-state index in [4.69, 9.17) is 16.9 Å². The minimum absolute atomic E-state index is 0.0266. The zero-order chi connectivity index (χ0) is 16.9. The number of aromatic nitrogens is 1. The molecule has 120 valence electrons. The van der Waals surface area contributed by atoms with Gasteiger partial charge in [-0.1, -0.05) is 41.6 Å². The highest BCUT2D eigenvalue weighted by atomic mass is 35.5.